The molecule has 0 heterocycles. The average Bonchev–Trinajstić information content (AvgIpc) is 2.86. The molecule has 0 bridgehead atoms. The first-order valence-electron chi connectivity index (χ1n) is 12.0. The summed E-state index contributed by atoms with van der Waals surface area (Å²) >= 11 is 5.96. The largest absolute Gasteiger partial charge is 0.395 e. The molecule has 3 N–H and O–H groups in total. The molecule has 3 aromatic rings. The number of rotatable bonds is 10. The SMILES string of the molecule is O=S(=O)(NCC1CCC(CNC(CO)Cc2ccc(Cl)cc2)CC1)c1cccc2ccccc12. The molecule has 1 aliphatic rings. The van der Waals surface area contributed by atoms with Gasteiger partial charge in [0.2, 0.25) is 10.0 Å². The number of aliphatic hydroxyl groups is 1. The fraction of sp³-hybridized carbons (Fsp3) is 0.407. The van der Waals surface area contributed by atoms with Crippen LogP contribution in [0.5, 0.6) is 0 Å². The van der Waals surface area contributed by atoms with Crippen LogP contribution in [-0.4, -0.2) is 39.3 Å². The van der Waals surface area contributed by atoms with Gasteiger partial charge < -0.3 is 10.4 Å². The molecule has 1 fully saturated rings. The van der Waals surface area contributed by atoms with Crippen molar-refractivity contribution >= 4 is 32.4 Å². The molecule has 0 aromatic heterocycles. The van der Waals surface area contributed by atoms with Gasteiger partial charge in [0.25, 0.3) is 0 Å². The third kappa shape index (κ3) is 6.58. The molecule has 1 atom stereocenters. The van der Waals surface area contributed by atoms with E-state index in [2.05, 4.69) is 10.0 Å². The summed E-state index contributed by atoms with van der Waals surface area (Å²) in [5, 5.41) is 15.7. The number of halogens is 1. The minimum atomic E-state index is -3.56. The molecule has 3 aromatic carbocycles. The topological polar surface area (TPSA) is 78.4 Å². The Bertz CT molecular complexity index is 1170. The first kappa shape index (κ1) is 25.1. The van der Waals surface area contributed by atoms with Gasteiger partial charge in [-0.3, -0.25) is 0 Å². The van der Waals surface area contributed by atoms with Gasteiger partial charge >= 0.3 is 0 Å². The van der Waals surface area contributed by atoms with Crippen molar-refractivity contribution < 1.29 is 13.5 Å². The van der Waals surface area contributed by atoms with E-state index < -0.39 is 10.0 Å². The standard InChI is InChI=1S/C27H33ClN2O3S/c28-24-14-12-20(13-15-24)16-25(19-31)29-17-21-8-10-22(11-9-21)18-30-34(32,33)27-7-3-5-23-4-1-2-6-26(23)27/h1-7,12-15,21-22,25,29-31H,8-11,16-19H2. The highest BCUT2D eigenvalue weighted by Gasteiger charge is 2.24. The summed E-state index contributed by atoms with van der Waals surface area (Å²) in [5.41, 5.74) is 1.15. The molecule has 4 rings (SSSR count). The summed E-state index contributed by atoms with van der Waals surface area (Å²) in [5.74, 6) is 0.897. The van der Waals surface area contributed by atoms with Crippen molar-refractivity contribution in [1.82, 2.24) is 10.0 Å². The van der Waals surface area contributed by atoms with Crippen LogP contribution >= 0.6 is 11.6 Å². The molecule has 34 heavy (non-hydrogen) atoms. The molecule has 0 radical (unpaired) electrons. The van der Waals surface area contributed by atoms with Crippen LogP contribution in [0.3, 0.4) is 0 Å². The minimum absolute atomic E-state index is 0.0198. The summed E-state index contributed by atoms with van der Waals surface area (Å²) in [7, 11) is -3.56. The summed E-state index contributed by atoms with van der Waals surface area (Å²) in [4.78, 5) is 0.346. The quantitative estimate of drug-likeness (QED) is 0.374. The van der Waals surface area contributed by atoms with Crippen molar-refractivity contribution in [3.05, 3.63) is 77.3 Å². The van der Waals surface area contributed by atoms with E-state index in [4.69, 9.17) is 11.6 Å². The van der Waals surface area contributed by atoms with Gasteiger partial charge in [-0.25, -0.2) is 13.1 Å². The lowest BCUT2D eigenvalue weighted by atomic mass is 9.82. The Balaban J connectivity index is 1.23. The van der Waals surface area contributed by atoms with Crippen LogP contribution in [0.15, 0.2) is 71.6 Å². The molecule has 1 unspecified atom stereocenters. The Hall–Kier alpha value is -1.96. The smallest absolute Gasteiger partial charge is 0.241 e. The Morgan fingerprint density at radius 2 is 1.53 bits per heavy atom. The van der Waals surface area contributed by atoms with Crippen LogP contribution in [0.1, 0.15) is 31.2 Å². The predicted molar refractivity (Wildman–Crippen MR) is 139 cm³/mol. The average molecular weight is 501 g/mol. The van der Waals surface area contributed by atoms with Gasteiger partial charge in [0.05, 0.1) is 11.5 Å². The first-order valence-corrected chi connectivity index (χ1v) is 13.9. The zero-order chi connectivity index (χ0) is 24.0. The molecular weight excluding hydrogens is 468 g/mol. The third-order valence-corrected chi connectivity index (χ3v) is 8.61. The molecule has 0 spiro atoms. The predicted octanol–water partition coefficient (Wildman–Crippen LogP) is 4.77. The monoisotopic (exact) mass is 500 g/mol. The van der Waals surface area contributed by atoms with E-state index >= 15 is 0 Å². The van der Waals surface area contributed by atoms with Crippen molar-refractivity contribution in [2.75, 3.05) is 19.7 Å². The molecule has 1 aliphatic carbocycles. The fourth-order valence-electron chi connectivity index (χ4n) is 4.81. The van der Waals surface area contributed by atoms with Crippen molar-refractivity contribution in [2.24, 2.45) is 11.8 Å². The summed E-state index contributed by atoms with van der Waals surface area (Å²) in [6.07, 6.45) is 4.90. The first-order chi connectivity index (χ1) is 16.4. The van der Waals surface area contributed by atoms with Gasteiger partial charge in [-0.1, -0.05) is 60.1 Å². The number of nitrogens with one attached hydrogen (secondary N) is 2. The van der Waals surface area contributed by atoms with E-state index in [1.807, 2.05) is 54.6 Å². The third-order valence-electron chi connectivity index (χ3n) is 6.88. The minimum Gasteiger partial charge on any atom is -0.395 e. The van der Waals surface area contributed by atoms with Gasteiger partial charge in [0, 0.05) is 23.0 Å². The lowest BCUT2D eigenvalue weighted by molar-refractivity contribution is 0.218. The highest BCUT2D eigenvalue weighted by molar-refractivity contribution is 7.89. The molecule has 0 saturated heterocycles. The van der Waals surface area contributed by atoms with Gasteiger partial charge in [-0.15, -0.1) is 0 Å². The number of hydrogen-bond donors (Lipinski definition) is 3. The fourth-order valence-corrected chi connectivity index (χ4v) is 6.28. The van der Waals surface area contributed by atoms with Crippen LogP contribution in [0, 0.1) is 11.8 Å². The van der Waals surface area contributed by atoms with Gasteiger partial charge in [-0.05, 0) is 79.6 Å². The number of benzene rings is 3. The number of aliphatic hydroxyl groups excluding tert-OH is 1. The summed E-state index contributed by atoms with van der Waals surface area (Å²) in [6, 6.07) is 20.7. The molecule has 7 heteroatoms. The zero-order valence-electron chi connectivity index (χ0n) is 19.3. The van der Waals surface area contributed by atoms with Gasteiger partial charge in [0.1, 0.15) is 0 Å². The molecule has 5 nitrogen and oxygen atoms in total. The van der Waals surface area contributed by atoms with Crippen molar-refractivity contribution in [3.63, 3.8) is 0 Å². The maximum Gasteiger partial charge on any atom is 0.241 e. The van der Waals surface area contributed by atoms with Crippen molar-refractivity contribution in [2.45, 2.75) is 43.0 Å². The molecule has 0 amide bonds. The van der Waals surface area contributed by atoms with Crippen LogP contribution in [0.4, 0.5) is 0 Å². The Labute approximate surface area is 207 Å². The summed E-state index contributed by atoms with van der Waals surface area (Å²) < 4.78 is 28.8. The van der Waals surface area contributed by atoms with Crippen molar-refractivity contribution in [3.8, 4) is 0 Å². The molecule has 0 aliphatic heterocycles. The van der Waals surface area contributed by atoms with E-state index in [0.29, 0.717) is 28.3 Å². The van der Waals surface area contributed by atoms with E-state index in [9.17, 15) is 13.5 Å². The lowest BCUT2D eigenvalue weighted by Crippen LogP contribution is -2.39. The van der Waals surface area contributed by atoms with E-state index in [1.54, 1.807) is 12.1 Å². The van der Waals surface area contributed by atoms with Crippen LogP contribution in [0.2, 0.25) is 5.02 Å². The van der Waals surface area contributed by atoms with E-state index in [-0.39, 0.29) is 12.6 Å². The van der Waals surface area contributed by atoms with E-state index in [1.165, 1.54) is 0 Å². The molecular formula is C27H33ClN2O3S. The number of hydrogen-bond acceptors (Lipinski definition) is 4. The van der Waals surface area contributed by atoms with E-state index in [0.717, 1.165) is 55.0 Å². The zero-order valence-corrected chi connectivity index (χ0v) is 20.9. The number of sulfonamides is 1. The second-order valence-corrected chi connectivity index (χ2v) is 11.5. The number of fused-ring (bicyclic) bond motifs is 1. The van der Waals surface area contributed by atoms with Gasteiger partial charge in [-0.2, -0.15) is 0 Å². The van der Waals surface area contributed by atoms with Crippen molar-refractivity contribution in [1.29, 1.82) is 0 Å². The second kappa shape index (κ2) is 11.6. The van der Waals surface area contributed by atoms with Crippen LogP contribution in [0.25, 0.3) is 10.8 Å². The Kier molecular flexibility index (Phi) is 8.61. The normalized spacial score (nSPS) is 19.8. The lowest BCUT2D eigenvalue weighted by Gasteiger charge is -2.30. The van der Waals surface area contributed by atoms with Gasteiger partial charge in [0.15, 0.2) is 0 Å². The second-order valence-electron chi connectivity index (χ2n) is 9.33. The highest BCUT2D eigenvalue weighted by atomic mass is 35.5. The van der Waals surface area contributed by atoms with Crippen LogP contribution < -0.4 is 10.0 Å². The molecule has 182 valence electrons. The maximum atomic E-state index is 13.0. The highest BCUT2D eigenvalue weighted by Crippen LogP contribution is 2.29. The Morgan fingerprint density at radius 3 is 2.24 bits per heavy atom. The molecule has 1 saturated carbocycles. The Morgan fingerprint density at radius 1 is 0.882 bits per heavy atom. The van der Waals surface area contributed by atoms with Crippen LogP contribution in [-0.2, 0) is 16.4 Å². The summed E-state index contributed by atoms with van der Waals surface area (Å²) in [6.45, 7) is 1.43. The maximum absolute atomic E-state index is 13.0.